The van der Waals surface area contributed by atoms with Gasteiger partial charge in [-0.25, -0.2) is 9.67 Å². The third-order valence-electron chi connectivity index (χ3n) is 6.38. The molecule has 1 aromatic carbocycles. The lowest BCUT2D eigenvalue weighted by Crippen LogP contribution is -2.31. The van der Waals surface area contributed by atoms with E-state index >= 15 is 0 Å². The average Bonchev–Trinajstić information content (AvgIpc) is 3.51. The zero-order valence-corrected chi connectivity index (χ0v) is 20.7. The van der Waals surface area contributed by atoms with Crippen LogP contribution in [-0.4, -0.2) is 71.9 Å². The van der Waals surface area contributed by atoms with Crippen LogP contribution in [0.15, 0.2) is 24.4 Å². The van der Waals surface area contributed by atoms with Crippen LogP contribution in [0.3, 0.4) is 0 Å². The number of fused-ring (bicyclic) bond motifs is 2. The number of benzene rings is 1. The molecule has 200 valence electrons. The van der Waals surface area contributed by atoms with Crippen LogP contribution in [0.5, 0.6) is 17.2 Å². The van der Waals surface area contributed by atoms with Crippen LogP contribution in [-0.2, 0) is 20.4 Å². The molecule has 2 aromatic heterocycles. The van der Waals surface area contributed by atoms with Gasteiger partial charge in [-0.2, -0.15) is 18.3 Å². The number of ether oxygens (including phenoxy) is 6. The molecule has 4 heterocycles. The Balaban J connectivity index is 1.69. The van der Waals surface area contributed by atoms with Crippen LogP contribution in [0.2, 0.25) is 0 Å². The molecule has 13 heteroatoms. The highest BCUT2D eigenvalue weighted by Gasteiger charge is 2.56. The number of aromatic nitrogens is 3. The van der Waals surface area contributed by atoms with Gasteiger partial charge in [-0.3, -0.25) is 0 Å². The van der Waals surface area contributed by atoms with Gasteiger partial charge in [0.25, 0.3) is 0 Å². The van der Waals surface area contributed by atoms with Crippen molar-refractivity contribution in [2.75, 3.05) is 27.9 Å². The van der Waals surface area contributed by atoms with E-state index in [0.717, 1.165) is 12.3 Å². The monoisotopic (exact) mass is 525 g/mol. The van der Waals surface area contributed by atoms with E-state index in [0.29, 0.717) is 5.56 Å². The second-order valence-electron chi connectivity index (χ2n) is 9.11. The van der Waals surface area contributed by atoms with Gasteiger partial charge in [-0.05, 0) is 32.0 Å². The van der Waals surface area contributed by atoms with Crippen LogP contribution >= 0.6 is 0 Å². The smallest absolute Gasteiger partial charge is 0.417 e. The minimum Gasteiger partial charge on any atom is -0.493 e. The minimum absolute atomic E-state index is 0.00185. The molecule has 2 aliphatic rings. The van der Waals surface area contributed by atoms with E-state index in [1.54, 1.807) is 13.8 Å². The third-order valence-corrected chi connectivity index (χ3v) is 6.38. The van der Waals surface area contributed by atoms with Gasteiger partial charge >= 0.3 is 6.18 Å². The summed E-state index contributed by atoms with van der Waals surface area (Å²) in [5.41, 5.74) is -0.702. The van der Waals surface area contributed by atoms with E-state index in [2.05, 4.69) is 10.1 Å². The molecule has 2 saturated heterocycles. The zero-order valence-electron chi connectivity index (χ0n) is 20.7. The van der Waals surface area contributed by atoms with E-state index in [1.807, 2.05) is 0 Å². The summed E-state index contributed by atoms with van der Waals surface area (Å²) in [6.45, 7) is 3.05. The lowest BCUT2D eigenvalue weighted by Gasteiger charge is -2.24. The van der Waals surface area contributed by atoms with E-state index in [-0.39, 0.29) is 40.6 Å². The van der Waals surface area contributed by atoms with Gasteiger partial charge in [-0.15, -0.1) is 0 Å². The predicted molar refractivity (Wildman–Crippen MR) is 122 cm³/mol. The number of methoxy groups -OCH3 is 3. The molecule has 3 aromatic rings. The second kappa shape index (κ2) is 9.01. The molecular weight excluding hydrogens is 499 g/mol. The highest BCUT2D eigenvalue weighted by Crippen LogP contribution is 2.46. The highest BCUT2D eigenvalue weighted by atomic mass is 19.4. The summed E-state index contributed by atoms with van der Waals surface area (Å²) in [5, 5.41) is 13.8. The normalized spacial score (nSPS) is 24.9. The highest BCUT2D eigenvalue weighted by molar-refractivity contribution is 5.84. The maximum absolute atomic E-state index is 14.2. The topological polar surface area (TPSA) is 106 Å². The largest absolute Gasteiger partial charge is 0.493 e. The van der Waals surface area contributed by atoms with Crippen LogP contribution in [0, 0.1) is 0 Å². The van der Waals surface area contributed by atoms with Gasteiger partial charge in [0.1, 0.15) is 18.3 Å². The van der Waals surface area contributed by atoms with Crippen molar-refractivity contribution >= 4 is 11.0 Å². The molecule has 0 amide bonds. The van der Waals surface area contributed by atoms with Crippen molar-refractivity contribution in [2.24, 2.45) is 0 Å². The minimum atomic E-state index is -4.70. The van der Waals surface area contributed by atoms with E-state index in [9.17, 15) is 18.3 Å². The number of hydrogen-bond donors (Lipinski definition) is 1. The van der Waals surface area contributed by atoms with E-state index < -0.39 is 42.1 Å². The molecule has 5 rings (SSSR count). The summed E-state index contributed by atoms with van der Waals surface area (Å²) in [7, 11) is 4.24. The van der Waals surface area contributed by atoms with Gasteiger partial charge in [0.15, 0.2) is 29.2 Å². The van der Waals surface area contributed by atoms with Crippen molar-refractivity contribution in [1.29, 1.82) is 0 Å². The Morgan fingerprint density at radius 3 is 2.24 bits per heavy atom. The maximum atomic E-state index is 14.2. The number of alkyl halides is 3. The quantitative estimate of drug-likeness (QED) is 0.517. The van der Waals surface area contributed by atoms with Crippen molar-refractivity contribution in [3.63, 3.8) is 0 Å². The van der Waals surface area contributed by atoms with Crippen LogP contribution in [0.25, 0.3) is 22.3 Å². The fraction of sp³-hybridized carbons (Fsp3) is 0.500. The lowest BCUT2D eigenvalue weighted by molar-refractivity contribution is -0.201. The number of nitrogens with zero attached hydrogens (tertiary/aromatic N) is 3. The van der Waals surface area contributed by atoms with E-state index in [1.165, 1.54) is 38.1 Å². The molecule has 4 atom stereocenters. The van der Waals surface area contributed by atoms with Crippen molar-refractivity contribution in [2.45, 2.75) is 50.4 Å². The molecule has 0 unspecified atom stereocenters. The summed E-state index contributed by atoms with van der Waals surface area (Å²) in [6, 6.07) is 3.97. The van der Waals surface area contributed by atoms with E-state index in [4.69, 9.17) is 28.4 Å². The Morgan fingerprint density at radius 2 is 1.68 bits per heavy atom. The number of hydrogen-bond acceptors (Lipinski definition) is 9. The van der Waals surface area contributed by atoms with Crippen LogP contribution in [0.1, 0.15) is 25.6 Å². The molecule has 2 fully saturated rings. The summed E-state index contributed by atoms with van der Waals surface area (Å²) in [6.07, 6.45) is -6.70. The first-order valence-corrected chi connectivity index (χ1v) is 11.4. The average molecular weight is 525 g/mol. The molecule has 0 bridgehead atoms. The first-order chi connectivity index (χ1) is 17.5. The van der Waals surface area contributed by atoms with Crippen molar-refractivity contribution in [3.05, 3.63) is 30.0 Å². The SMILES string of the molecule is COc1cc(-c2cc(C(F)(F)F)c3cnn([C@@H]4O[C@H](CO)[C@H]5OC(C)(C)O[C@H]54)c3n2)cc(OC)c1OC. The Morgan fingerprint density at radius 1 is 1.03 bits per heavy atom. The molecule has 2 aliphatic heterocycles. The molecule has 1 N–H and O–H groups in total. The Bertz CT molecular complexity index is 1300. The molecule has 0 aliphatic carbocycles. The molecule has 0 radical (unpaired) electrons. The van der Waals surface area contributed by atoms with Crippen molar-refractivity contribution in [1.82, 2.24) is 14.8 Å². The molecule has 0 saturated carbocycles. The first kappa shape index (κ1) is 25.5. The van der Waals surface area contributed by atoms with Crippen LogP contribution in [0.4, 0.5) is 13.2 Å². The Hall–Kier alpha value is -3.13. The molecular formula is C24H26F3N3O7. The van der Waals surface area contributed by atoms with Crippen molar-refractivity contribution < 1.29 is 46.7 Å². The molecule has 0 spiro atoms. The summed E-state index contributed by atoms with van der Waals surface area (Å²) in [4.78, 5) is 4.54. The fourth-order valence-electron chi connectivity index (χ4n) is 4.82. The maximum Gasteiger partial charge on any atom is 0.417 e. The number of rotatable bonds is 6. The first-order valence-electron chi connectivity index (χ1n) is 11.4. The molecule has 37 heavy (non-hydrogen) atoms. The van der Waals surface area contributed by atoms with Gasteiger partial charge in [0, 0.05) is 5.56 Å². The number of aliphatic hydroxyl groups is 1. The standard InChI is InChI=1S/C24H26F3N3O7/c1-23(2)36-19-17(10-31)35-22(20(19)37-23)30-21-12(9-28-30)13(24(25,26)27)8-14(29-21)11-6-15(32-3)18(34-5)16(7-11)33-4/h6-9,17,19-20,22,31H,10H2,1-5H3/t17-,19-,20-,22-/m1/s1. The van der Waals surface area contributed by atoms with Gasteiger partial charge < -0.3 is 33.5 Å². The lowest BCUT2D eigenvalue weighted by atomic mass is 10.1. The summed E-state index contributed by atoms with van der Waals surface area (Å²) in [5.74, 6) is -0.170. The number of aliphatic hydroxyl groups excluding tert-OH is 1. The zero-order chi connectivity index (χ0) is 26.7. The van der Waals surface area contributed by atoms with Gasteiger partial charge in [0.2, 0.25) is 5.75 Å². The number of pyridine rings is 1. The van der Waals surface area contributed by atoms with Crippen LogP contribution < -0.4 is 14.2 Å². The number of halogens is 3. The second-order valence-corrected chi connectivity index (χ2v) is 9.11. The van der Waals surface area contributed by atoms with Crippen molar-refractivity contribution in [3.8, 4) is 28.5 Å². The molecule has 10 nitrogen and oxygen atoms in total. The summed E-state index contributed by atoms with van der Waals surface area (Å²) < 4.78 is 77.6. The summed E-state index contributed by atoms with van der Waals surface area (Å²) >= 11 is 0. The predicted octanol–water partition coefficient (Wildman–Crippen LogP) is 3.55. The Kier molecular flexibility index (Phi) is 6.21. The third kappa shape index (κ3) is 4.25. The van der Waals surface area contributed by atoms with Gasteiger partial charge in [-0.1, -0.05) is 0 Å². The fourth-order valence-corrected chi connectivity index (χ4v) is 4.82. The van der Waals surface area contributed by atoms with Gasteiger partial charge in [0.05, 0.1) is 50.8 Å². The Labute approximate surface area is 209 Å².